The summed E-state index contributed by atoms with van der Waals surface area (Å²) in [6.07, 6.45) is 3.58. The number of H-pyrrole nitrogens is 1. The van der Waals surface area contributed by atoms with E-state index in [4.69, 9.17) is 4.74 Å². The molecule has 0 fully saturated rings. The molecule has 0 unspecified atom stereocenters. The number of aromatic amines is 1. The molecule has 0 bridgehead atoms. The zero-order valence-corrected chi connectivity index (χ0v) is 14.5. The predicted octanol–water partition coefficient (Wildman–Crippen LogP) is 4.70. The number of thioether (sulfide) groups is 1. The molecular formula is C17H16N2O2S2. The summed E-state index contributed by atoms with van der Waals surface area (Å²) in [6, 6.07) is 12.5. The molecule has 3 aromatic rings. The highest BCUT2D eigenvalue weighted by Crippen LogP contribution is 2.34. The van der Waals surface area contributed by atoms with Crippen LogP contribution in [-0.2, 0) is 4.74 Å². The normalized spacial score (nSPS) is 10.7. The third-order valence-electron chi connectivity index (χ3n) is 3.26. The average Bonchev–Trinajstić information content (AvgIpc) is 3.24. The van der Waals surface area contributed by atoms with Crippen molar-refractivity contribution < 1.29 is 9.53 Å². The summed E-state index contributed by atoms with van der Waals surface area (Å²) >= 11 is 3.37. The zero-order chi connectivity index (χ0) is 16.2. The molecule has 3 rings (SSSR count). The molecule has 23 heavy (non-hydrogen) atoms. The maximum Gasteiger partial charge on any atom is 0.356 e. The van der Waals surface area contributed by atoms with Crippen LogP contribution in [0.3, 0.4) is 0 Å². The van der Waals surface area contributed by atoms with Crippen molar-refractivity contribution in [3.63, 3.8) is 0 Å². The molecule has 0 aliphatic rings. The predicted molar refractivity (Wildman–Crippen MR) is 95.1 cm³/mol. The Kier molecular flexibility index (Phi) is 4.83. The van der Waals surface area contributed by atoms with E-state index >= 15 is 0 Å². The molecule has 0 aliphatic carbocycles. The maximum atomic E-state index is 11.7. The minimum absolute atomic E-state index is 0.349. The van der Waals surface area contributed by atoms with Crippen LogP contribution >= 0.6 is 23.1 Å². The highest BCUT2D eigenvalue weighted by Gasteiger charge is 2.13. The van der Waals surface area contributed by atoms with Gasteiger partial charge in [0.2, 0.25) is 0 Å². The molecule has 1 N–H and O–H groups in total. The van der Waals surface area contributed by atoms with Crippen molar-refractivity contribution in [3.05, 3.63) is 48.3 Å². The zero-order valence-electron chi connectivity index (χ0n) is 12.8. The van der Waals surface area contributed by atoms with Crippen LogP contribution in [-0.4, -0.2) is 28.8 Å². The number of hydrogen-bond donors (Lipinski definition) is 1. The second kappa shape index (κ2) is 7.02. The Bertz CT molecular complexity index is 823. The molecule has 2 aromatic heterocycles. The minimum atomic E-state index is -0.379. The minimum Gasteiger partial charge on any atom is -0.461 e. The van der Waals surface area contributed by atoms with Crippen LogP contribution in [0.25, 0.3) is 21.1 Å². The lowest BCUT2D eigenvalue weighted by molar-refractivity contribution is 0.0520. The molecule has 0 aliphatic heterocycles. The summed E-state index contributed by atoms with van der Waals surface area (Å²) in [5, 5.41) is 0. The van der Waals surface area contributed by atoms with E-state index in [0.717, 1.165) is 4.88 Å². The molecule has 0 atom stereocenters. The van der Waals surface area contributed by atoms with Crippen LogP contribution in [0.5, 0.6) is 0 Å². The molecule has 1 aromatic carbocycles. The van der Waals surface area contributed by atoms with Gasteiger partial charge in [-0.3, -0.25) is 0 Å². The van der Waals surface area contributed by atoms with Gasteiger partial charge in [-0.1, -0.05) is 12.1 Å². The first-order valence-electron chi connectivity index (χ1n) is 7.18. The topological polar surface area (TPSA) is 55.0 Å². The number of esters is 1. The number of benzene rings is 1. The lowest BCUT2D eigenvalue weighted by Crippen LogP contribution is -2.04. The monoisotopic (exact) mass is 344 g/mol. The van der Waals surface area contributed by atoms with Crippen molar-refractivity contribution in [2.75, 3.05) is 12.9 Å². The Labute approximate surface area is 142 Å². The second-order valence-corrected chi connectivity index (χ2v) is 6.73. The Balaban J connectivity index is 1.85. The molecule has 0 spiro atoms. The number of carbonyl (C=O) groups excluding carboxylic acids is 1. The van der Waals surface area contributed by atoms with Crippen molar-refractivity contribution in [2.45, 2.75) is 11.8 Å². The summed E-state index contributed by atoms with van der Waals surface area (Å²) in [4.78, 5) is 22.4. The van der Waals surface area contributed by atoms with Gasteiger partial charge in [-0.05, 0) is 43.0 Å². The fourth-order valence-electron chi connectivity index (χ4n) is 2.16. The van der Waals surface area contributed by atoms with Crippen molar-refractivity contribution in [2.24, 2.45) is 0 Å². The van der Waals surface area contributed by atoms with Gasteiger partial charge in [0, 0.05) is 9.77 Å². The third-order valence-corrected chi connectivity index (χ3v) is 5.13. The first kappa shape index (κ1) is 15.8. The second-order valence-electron chi connectivity index (χ2n) is 4.76. The fourth-order valence-corrected chi connectivity index (χ4v) is 3.57. The van der Waals surface area contributed by atoms with Gasteiger partial charge in [-0.2, -0.15) is 0 Å². The standard InChI is InChI=1S/C17H16N2O2S2/c1-3-21-17(20)13-10-18-16(19-13)15-8-7-14(23-15)11-5-4-6-12(9-11)22-2/h4-10H,3H2,1-2H3,(H,18,19). The van der Waals surface area contributed by atoms with Gasteiger partial charge in [0.15, 0.2) is 0 Å². The first-order valence-corrected chi connectivity index (χ1v) is 9.22. The fraction of sp³-hybridized carbons (Fsp3) is 0.176. The van der Waals surface area contributed by atoms with Crippen LogP contribution in [0, 0.1) is 0 Å². The number of carbonyl (C=O) groups is 1. The number of hydrogen-bond acceptors (Lipinski definition) is 5. The first-order chi connectivity index (χ1) is 11.2. The van der Waals surface area contributed by atoms with Crippen LogP contribution in [0.2, 0.25) is 0 Å². The molecule has 0 amide bonds. The Morgan fingerprint density at radius 1 is 1.30 bits per heavy atom. The molecular weight excluding hydrogens is 328 g/mol. The summed E-state index contributed by atoms with van der Waals surface area (Å²) in [5.41, 5.74) is 1.56. The molecule has 0 radical (unpaired) electrons. The van der Waals surface area contributed by atoms with E-state index in [1.54, 1.807) is 30.0 Å². The highest BCUT2D eigenvalue weighted by atomic mass is 32.2. The molecule has 6 heteroatoms. The molecule has 0 saturated heterocycles. The molecule has 2 heterocycles. The van der Waals surface area contributed by atoms with E-state index in [2.05, 4.69) is 46.6 Å². The van der Waals surface area contributed by atoms with E-state index in [9.17, 15) is 4.79 Å². The van der Waals surface area contributed by atoms with Gasteiger partial charge in [0.25, 0.3) is 0 Å². The number of nitrogens with zero attached hydrogens (tertiary/aromatic N) is 1. The van der Waals surface area contributed by atoms with Crippen molar-refractivity contribution in [3.8, 4) is 21.1 Å². The Morgan fingerprint density at radius 3 is 2.91 bits per heavy atom. The number of imidazole rings is 1. The van der Waals surface area contributed by atoms with Gasteiger partial charge in [0.1, 0.15) is 11.5 Å². The molecule has 4 nitrogen and oxygen atoms in total. The van der Waals surface area contributed by atoms with E-state index in [1.165, 1.54) is 21.5 Å². The van der Waals surface area contributed by atoms with Crippen molar-refractivity contribution in [1.29, 1.82) is 0 Å². The molecule has 0 saturated carbocycles. The SMILES string of the molecule is CCOC(=O)c1cnc(-c2ccc(-c3cccc(SC)c3)s2)[nH]1. The smallest absolute Gasteiger partial charge is 0.356 e. The van der Waals surface area contributed by atoms with Crippen molar-refractivity contribution >= 4 is 29.1 Å². The number of rotatable bonds is 5. The van der Waals surface area contributed by atoms with E-state index in [1.807, 2.05) is 6.07 Å². The van der Waals surface area contributed by atoms with Crippen LogP contribution in [0.15, 0.2) is 47.5 Å². The third kappa shape index (κ3) is 3.48. The molecule has 118 valence electrons. The van der Waals surface area contributed by atoms with Crippen LogP contribution in [0.4, 0.5) is 0 Å². The summed E-state index contributed by atoms with van der Waals surface area (Å²) < 4.78 is 4.97. The van der Waals surface area contributed by atoms with Gasteiger partial charge >= 0.3 is 5.97 Å². The lowest BCUT2D eigenvalue weighted by atomic mass is 10.2. The van der Waals surface area contributed by atoms with Crippen LogP contribution in [0.1, 0.15) is 17.4 Å². The lowest BCUT2D eigenvalue weighted by Gasteiger charge is -2.00. The number of ether oxygens (including phenoxy) is 1. The van der Waals surface area contributed by atoms with Gasteiger partial charge in [-0.25, -0.2) is 9.78 Å². The maximum absolute atomic E-state index is 11.7. The Morgan fingerprint density at radius 2 is 2.13 bits per heavy atom. The van der Waals surface area contributed by atoms with E-state index in [0.29, 0.717) is 18.1 Å². The van der Waals surface area contributed by atoms with E-state index in [-0.39, 0.29) is 5.97 Å². The van der Waals surface area contributed by atoms with Crippen LogP contribution < -0.4 is 0 Å². The largest absolute Gasteiger partial charge is 0.461 e. The number of aromatic nitrogens is 2. The highest BCUT2D eigenvalue weighted by molar-refractivity contribution is 7.98. The Hall–Kier alpha value is -2.05. The number of nitrogens with one attached hydrogen (secondary N) is 1. The van der Waals surface area contributed by atoms with Gasteiger partial charge in [-0.15, -0.1) is 23.1 Å². The number of thiophene rings is 1. The van der Waals surface area contributed by atoms with E-state index < -0.39 is 0 Å². The van der Waals surface area contributed by atoms with Gasteiger partial charge < -0.3 is 9.72 Å². The quantitative estimate of drug-likeness (QED) is 0.538. The summed E-state index contributed by atoms with van der Waals surface area (Å²) in [6.45, 7) is 2.13. The summed E-state index contributed by atoms with van der Waals surface area (Å²) in [7, 11) is 0. The van der Waals surface area contributed by atoms with Gasteiger partial charge in [0.05, 0.1) is 17.7 Å². The van der Waals surface area contributed by atoms with Crippen molar-refractivity contribution in [1.82, 2.24) is 9.97 Å². The summed E-state index contributed by atoms with van der Waals surface area (Å²) in [5.74, 6) is 0.307. The average molecular weight is 344 g/mol.